The molecular formula is C44H32N10Na4O16S4. The Bertz CT molecular complexity index is 4070. The van der Waals surface area contributed by atoms with E-state index in [-0.39, 0.29) is 198 Å². The summed E-state index contributed by atoms with van der Waals surface area (Å²) in [5, 5.41) is 31.3. The van der Waals surface area contributed by atoms with Crippen molar-refractivity contribution in [2.24, 2.45) is 15.3 Å². The van der Waals surface area contributed by atoms with E-state index in [0.29, 0.717) is 17.3 Å². The van der Waals surface area contributed by atoms with E-state index < -0.39 is 77.3 Å². The summed E-state index contributed by atoms with van der Waals surface area (Å²) in [6.07, 6.45) is 0.904. The SMILES string of the molecule is COc1ccc(S(=O)(=O)[O-])cc1NN=C1C(=O)c2ccc(Nc3nc(Nc4ccccc4)nc(Nc4cc(C)c(N=Nc5cc(S(=O)(=O)[O-])cc6cc(S(=O)(=O)[O-])cc(O)c56)cc4OC)n3)cc2C=C1S(=O)(=O)[O-].[Na+].[Na+].[Na+].[Na+]. The number of aromatic nitrogens is 3. The number of methoxy groups -OCH3 is 2. The minimum atomic E-state index is -5.41. The van der Waals surface area contributed by atoms with Crippen LogP contribution in [0.25, 0.3) is 16.8 Å². The molecule has 0 fully saturated rings. The van der Waals surface area contributed by atoms with Crippen molar-refractivity contribution in [3.8, 4) is 17.2 Å². The van der Waals surface area contributed by atoms with E-state index in [0.717, 1.165) is 42.5 Å². The number of carbonyl (C=O) groups is 1. The molecule has 1 heterocycles. The molecule has 0 spiro atoms. The molecule has 1 aromatic heterocycles. The zero-order valence-electron chi connectivity index (χ0n) is 41.8. The zero-order chi connectivity index (χ0) is 53.5. The largest absolute Gasteiger partial charge is 1.00 e. The number of phenolic OH excluding ortho intramolecular Hbond substituents is 1. The molecule has 34 heteroatoms. The van der Waals surface area contributed by atoms with Gasteiger partial charge in [-0.3, -0.25) is 10.2 Å². The number of azo groups is 1. The zero-order valence-corrected chi connectivity index (χ0v) is 53.0. The molecular weight excluding hydrogens is 1140 g/mol. The maximum atomic E-state index is 13.8. The first kappa shape index (κ1) is 66.0. The third-order valence-electron chi connectivity index (χ3n) is 10.5. The van der Waals surface area contributed by atoms with E-state index in [1.54, 1.807) is 43.3 Å². The average Bonchev–Trinajstić information content (AvgIpc) is 3.32. The summed E-state index contributed by atoms with van der Waals surface area (Å²) < 4.78 is 155. The number of benzene rings is 6. The van der Waals surface area contributed by atoms with E-state index in [9.17, 15) is 61.8 Å². The molecule has 5 N–H and O–H groups in total. The molecule has 0 bridgehead atoms. The van der Waals surface area contributed by atoms with Gasteiger partial charge >= 0.3 is 118 Å². The van der Waals surface area contributed by atoms with E-state index in [4.69, 9.17) is 9.47 Å². The van der Waals surface area contributed by atoms with Gasteiger partial charge in [0.15, 0.2) is 0 Å². The van der Waals surface area contributed by atoms with Gasteiger partial charge in [0.2, 0.25) is 23.6 Å². The molecule has 382 valence electrons. The van der Waals surface area contributed by atoms with Crippen LogP contribution in [0, 0.1) is 6.92 Å². The Hall–Kier alpha value is -4.49. The summed E-state index contributed by atoms with van der Waals surface area (Å²) >= 11 is 0. The van der Waals surface area contributed by atoms with Gasteiger partial charge in [-0.05, 0) is 108 Å². The fourth-order valence-electron chi connectivity index (χ4n) is 7.15. The molecule has 0 saturated heterocycles. The van der Waals surface area contributed by atoms with Crippen LogP contribution in [-0.2, 0) is 40.5 Å². The number of hydrogen-bond donors (Lipinski definition) is 5. The maximum Gasteiger partial charge on any atom is 1.00 e. The molecule has 0 aliphatic heterocycles. The number of aryl methyl sites for hydroxylation is 1. The van der Waals surface area contributed by atoms with Gasteiger partial charge in [0.1, 0.15) is 63.4 Å². The molecule has 0 radical (unpaired) electrons. The van der Waals surface area contributed by atoms with Gasteiger partial charge in [-0.2, -0.15) is 25.2 Å². The number of rotatable bonds is 16. The first-order valence-electron chi connectivity index (χ1n) is 20.6. The number of anilines is 7. The van der Waals surface area contributed by atoms with Gasteiger partial charge in [-0.15, -0.1) is 5.11 Å². The van der Waals surface area contributed by atoms with Crippen molar-refractivity contribution in [1.82, 2.24) is 15.0 Å². The average molecular weight is 1180 g/mol. The molecule has 78 heavy (non-hydrogen) atoms. The van der Waals surface area contributed by atoms with E-state index in [1.165, 1.54) is 38.5 Å². The van der Waals surface area contributed by atoms with Crippen molar-refractivity contribution in [2.45, 2.75) is 21.6 Å². The summed E-state index contributed by atoms with van der Waals surface area (Å²) in [4.78, 5) is 23.7. The molecule has 7 aromatic rings. The van der Waals surface area contributed by atoms with Crippen LogP contribution in [-0.4, -0.2) is 97.7 Å². The number of nitrogens with zero attached hydrogens (tertiary/aromatic N) is 6. The third kappa shape index (κ3) is 15.5. The topological polar surface area (TPSA) is 408 Å². The molecule has 1 aliphatic carbocycles. The fraction of sp³-hybridized carbons (Fsp3) is 0.0682. The molecule has 1 aliphatic rings. The van der Waals surface area contributed by atoms with Crippen molar-refractivity contribution in [3.05, 3.63) is 125 Å². The normalized spacial score (nSPS) is 12.9. The van der Waals surface area contributed by atoms with Gasteiger partial charge in [0, 0.05) is 23.0 Å². The predicted molar refractivity (Wildman–Crippen MR) is 260 cm³/mol. The van der Waals surface area contributed by atoms with Gasteiger partial charge in [-0.25, -0.2) is 33.7 Å². The number of ether oxygens (including phenoxy) is 2. The molecule has 8 rings (SSSR count). The number of fused-ring (bicyclic) bond motifs is 2. The second-order valence-electron chi connectivity index (χ2n) is 15.5. The Morgan fingerprint density at radius 1 is 0.564 bits per heavy atom. The number of nitrogens with one attached hydrogen (secondary N) is 4. The minimum Gasteiger partial charge on any atom is -0.744 e. The van der Waals surface area contributed by atoms with Crippen molar-refractivity contribution in [1.29, 1.82) is 0 Å². The van der Waals surface area contributed by atoms with Crippen LogP contribution in [0.3, 0.4) is 0 Å². The summed E-state index contributed by atoms with van der Waals surface area (Å²) in [6.45, 7) is 1.60. The van der Waals surface area contributed by atoms with Crippen LogP contribution < -0.4 is 149 Å². The predicted octanol–water partition coefficient (Wildman–Crippen LogP) is -6.02. The van der Waals surface area contributed by atoms with Crippen LogP contribution in [0.1, 0.15) is 21.5 Å². The number of phenols is 1. The Labute approximate surface area is 533 Å². The van der Waals surface area contributed by atoms with Gasteiger partial charge < -0.3 is 48.7 Å². The summed E-state index contributed by atoms with van der Waals surface area (Å²) in [5.41, 5.74) is 2.19. The fourth-order valence-corrected chi connectivity index (χ4v) is 9.34. The number of aromatic hydroxyl groups is 1. The molecule has 0 amide bonds. The molecule has 6 aromatic carbocycles. The Morgan fingerprint density at radius 2 is 1.13 bits per heavy atom. The van der Waals surface area contributed by atoms with Crippen LogP contribution in [0.5, 0.6) is 17.2 Å². The van der Waals surface area contributed by atoms with Crippen molar-refractivity contribution in [3.63, 3.8) is 0 Å². The summed E-state index contributed by atoms with van der Waals surface area (Å²) in [7, 11) is -18.1. The first-order chi connectivity index (χ1) is 34.8. The van der Waals surface area contributed by atoms with E-state index >= 15 is 0 Å². The van der Waals surface area contributed by atoms with E-state index in [2.05, 4.69) is 51.7 Å². The number of Topliss-reactive ketones (excluding diaryl/α,β-unsaturated/α-hetero) is 1. The summed E-state index contributed by atoms with van der Waals surface area (Å²) in [6, 6.07) is 21.6. The molecule has 0 saturated carbocycles. The van der Waals surface area contributed by atoms with Crippen LogP contribution in [0.2, 0.25) is 0 Å². The second-order valence-corrected chi connectivity index (χ2v) is 20.9. The van der Waals surface area contributed by atoms with Crippen molar-refractivity contribution >= 4 is 121 Å². The minimum absolute atomic E-state index is 0. The Morgan fingerprint density at radius 3 is 1.71 bits per heavy atom. The monoisotopic (exact) mass is 1180 g/mol. The first-order valence-corrected chi connectivity index (χ1v) is 26.2. The second kappa shape index (κ2) is 26.4. The number of hydrazone groups is 1. The van der Waals surface area contributed by atoms with Crippen molar-refractivity contribution in [2.75, 3.05) is 35.6 Å². The molecule has 0 unspecified atom stereocenters. The smallest absolute Gasteiger partial charge is 0.744 e. The maximum absolute atomic E-state index is 13.8. The van der Waals surface area contributed by atoms with Gasteiger partial charge in [0.25, 0.3) is 0 Å². The van der Waals surface area contributed by atoms with Crippen molar-refractivity contribution < 1.29 is 189 Å². The quantitative estimate of drug-likeness (QED) is 0.0260. The number of para-hydroxylation sites is 1. The number of ketones is 1. The van der Waals surface area contributed by atoms with Gasteiger partial charge in [-0.1, -0.05) is 18.2 Å². The summed E-state index contributed by atoms with van der Waals surface area (Å²) in [5.74, 6) is -1.95. The molecule has 0 atom stereocenters. The third-order valence-corrected chi connectivity index (χ3v) is 13.8. The number of allylic oxidation sites excluding steroid dienone is 1. The molecule has 26 nitrogen and oxygen atoms in total. The van der Waals surface area contributed by atoms with Crippen LogP contribution in [0.4, 0.5) is 52.0 Å². The number of hydrogen-bond acceptors (Lipinski definition) is 26. The standard InChI is InChI=1S/C44H36N10O16S4.4Na/c1-22-13-32(37(70-3)21-31(22)51-53-34-19-28(72(60,61)62)15-24-16-29(73(63,64)65)20-35(55)39(24)34)47-44-49-42(45-25-7-5-4-6-8-25)48-43(50-44)46-26-9-11-30-23(14-26)17-38(74(66,67)68)40(41(30)56)54-52-33-18-27(71(57,58)59)10-12-36(33)69-2;;;;/h4-21,52,55H,1-3H3,(H,57,58,59)(H,60,61,62)(H,63,64,65)(H,66,67,68)(H3,45,46,47,48,49,50);;;;/q;4*+1/p-4. The van der Waals surface area contributed by atoms with Crippen LogP contribution in [0.15, 0.2) is 138 Å². The Kier molecular flexibility index (Phi) is 22.3. The van der Waals surface area contributed by atoms with Gasteiger partial charge in [0.05, 0.1) is 61.9 Å². The van der Waals surface area contributed by atoms with Crippen LogP contribution >= 0.6 is 0 Å². The van der Waals surface area contributed by atoms with E-state index in [1.807, 2.05) is 0 Å². The Balaban J connectivity index is 0.00000328. The number of carbonyl (C=O) groups excluding carboxylic acids is 1.